The third-order valence-corrected chi connectivity index (χ3v) is 2.65. The van der Waals surface area contributed by atoms with Crippen LogP contribution in [0.15, 0.2) is 0 Å². The molecule has 0 aromatic rings. The summed E-state index contributed by atoms with van der Waals surface area (Å²) in [6.45, 7) is 3.63. The molecule has 0 saturated carbocycles. The highest BCUT2D eigenvalue weighted by Crippen LogP contribution is 2.11. The number of esters is 1. The summed E-state index contributed by atoms with van der Waals surface area (Å²) in [6, 6.07) is 0. The number of methoxy groups -OCH3 is 1. The number of hydrogen-bond acceptors (Lipinski definition) is 4. The Morgan fingerprint density at radius 2 is 1.94 bits per heavy atom. The topological polar surface area (TPSA) is 63.6 Å². The Bertz CT molecular complexity index is 225. The Morgan fingerprint density at radius 3 is 2.44 bits per heavy atom. The summed E-state index contributed by atoms with van der Waals surface area (Å²) in [5.74, 6) is -1.11. The molecular formula is C12H22O4. The van der Waals surface area contributed by atoms with Gasteiger partial charge in [0, 0.05) is 12.8 Å². The number of unbranched alkanes of at least 4 members (excludes halogenated alkanes) is 2. The molecule has 2 atom stereocenters. The smallest absolute Gasteiger partial charge is 0.311 e. The quantitative estimate of drug-likeness (QED) is 0.509. The minimum absolute atomic E-state index is 0.0108. The molecule has 0 bridgehead atoms. The molecule has 0 aliphatic rings. The van der Waals surface area contributed by atoms with Crippen molar-refractivity contribution < 1.29 is 19.4 Å². The summed E-state index contributed by atoms with van der Waals surface area (Å²) in [5, 5.41) is 9.62. The van der Waals surface area contributed by atoms with Crippen LogP contribution in [0, 0.1) is 5.92 Å². The minimum Gasteiger partial charge on any atom is -0.469 e. The second kappa shape index (κ2) is 8.28. The Hall–Kier alpha value is -0.900. The Labute approximate surface area is 97.0 Å². The van der Waals surface area contributed by atoms with Crippen LogP contribution in [0.5, 0.6) is 0 Å². The monoisotopic (exact) mass is 230 g/mol. The molecule has 0 heterocycles. The molecular weight excluding hydrogens is 208 g/mol. The average Bonchev–Trinajstić information content (AvgIpc) is 2.27. The SMILES string of the molecule is CCCCCC(=O)C[C@H](O)[C@@H](C)C(=O)OC. The number of Topliss-reactive ketones (excluding diaryl/α,β-unsaturated/α-hetero) is 1. The fourth-order valence-corrected chi connectivity index (χ4v) is 1.43. The molecule has 0 fully saturated rings. The summed E-state index contributed by atoms with van der Waals surface area (Å²) in [5.41, 5.74) is 0. The van der Waals surface area contributed by atoms with Crippen LogP contribution in [0.2, 0.25) is 0 Å². The third kappa shape index (κ3) is 5.85. The molecule has 0 radical (unpaired) electrons. The number of ether oxygens (including phenoxy) is 1. The molecule has 4 heteroatoms. The Morgan fingerprint density at radius 1 is 1.31 bits per heavy atom. The molecule has 4 nitrogen and oxygen atoms in total. The molecule has 0 rings (SSSR count). The van der Waals surface area contributed by atoms with Crippen molar-refractivity contribution in [2.24, 2.45) is 5.92 Å². The van der Waals surface area contributed by atoms with E-state index in [4.69, 9.17) is 0 Å². The van der Waals surface area contributed by atoms with E-state index in [0.29, 0.717) is 6.42 Å². The van der Waals surface area contributed by atoms with E-state index in [1.807, 2.05) is 0 Å². The molecule has 94 valence electrons. The van der Waals surface area contributed by atoms with E-state index in [9.17, 15) is 14.7 Å². The Balaban J connectivity index is 3.89. The zero-order valence-electron chi connectivity index (χ0n) is 10.4. The van der Waals surface area contributed by atoms with Crippen LogP contribution in [-0.2, 0) is 14.3 Å². The van der Waals surface area contributed by atoms with Crippen molar-refractivity contribution in [1.29, 1.82) is 0 Å². The van der Waals surface area contributed by atoms with E-state index in [1.54, 1.807) is 6.92 Å². The van der Waals surface area contributed by atoms with Crippen LogP contribution in [0.4, 0.5) is 0 Å². The lowest BCUT2D eigenvalue weighted by Gasteiger charge is -2.15. The molecule has 0 saturated heterocycles. The summed E-state index contributed by atoms with van der Waals surface area (Å²) in [6.07, 6.45) is 2.54. The van der Waals surface area contributed by atoms with Gasteiger partial charge in [-0.1, -0.05) is 19.8 Å². The van der Waals surface area contributed by atoms with Gasteiger partial charge < -0.3 is 9.84 Å². The summed E-state index contributed by atoms with van der Waals surface area (Å²) in [4.78, 5) is 22.5. The van der Waals surface area contributed by atoms with Gasteiger partial charge in [0.25, 0.3) is 0 Å². The zero-order chi connectivity index (χ0) is 12.6. The minimum atomic E-state index is -0.929. The van der Waals surface area contributed by atoms with Crippen LogP contribution in [0.3, 0.4) is 0 Å². The van der Waals surface area contributed by atoms with Gasteiger partial charge in [-0.25, -0.2) is 0 Å². The number of aliphatic hydroxyl groups excluding tert-OH is 1. The normalized spacial score (nSPS) is 14.2. The molecule has 1 N–H and O–H groups in total. The maximum absolute atomic E-state index is 11.4. The number of carbonyl (C=O) groups excluding carboxylic acids is 2. The fourth-order valence-electron chi connectivity index (χ4n) is 1.43. The number of rotatable bonds is 8. The number of carbonyl (C=O) groups is 2. The third-order valence-electron chi connectivity index (χ3n) is 2.65. The first-order chi connectivity index (χ1) is 7.52. The van der Waals surface area contributed by atoms with Crippen LogP contribution >= 0.6 is 0 Å². The average molecular weight is 230 g/mol. The lowest BCUT2D eigenvalue weighted by atomic mass is 9.98. The first-order valence-electron chi connectivity index (χ1n) is 5.80. The van der Waals surface area contributed by atoms with Crippen molar-refractivity contribution in [3.63, 3.8) is 0 Å². The second-order valence-electron chi connectivity index (χ2n) is 4.08. The molecule has 0 aromatic heterocycles. The number of aliphatic hydroxyl groups is 1. The second-order valence-corrected chi connectivity index (χ2v) is 4.08. The first-order valence-corrected chi connectivity index (χ1v) is 5.80. The van der Waals surface area contributed by atoms with Gasteiger partial charge in [0.15, 0.2) is 0 Å². The summed E-state index contributed by atoms with van der Waals surface area (Å²) >= 11 is 0. The lowest BCUT2D eigenvalue weighted by Crippen LogP contribution is -2.28. The zero-order valence-corrected chi connectivity index (χ0v) is 10.4. The lowest BCUT2D eigenvalue weighted by molar-refractivity contribution is -0.149. The van der Waals surface area contributed by atoms with Crippen LogP contribution in [0.25, 0.3) is 0 Å². The van der Waals surface area contributed by atoms with Gasteiger partial charge in [-0.05, 0) is 13.3 Å². The maximum atomic E-state index is 11.4. The van der Waals surface area contributed by atoms with E-state index in [-0.39, 0.29) is 12.2 Å². The van der Waals surface area contributed by atoms with Crippen molar-refractivity contribution in [1.82, 2.24) is 0 Å². The van der Waals surface area contributed by atoms with Crippen molar-refractivity contribution in [2.45, 2.75) is 52.1 Å². The molecule has 0 aliphatic carbocycles. The molecule has 16 heavy (non-hydrogen) atoms. The highest BCUT2D eigenvalue weighted by molar-refractivity contribution is 5.80. The van der Waals surface area contributed by atoms with E-state index >= 15 is 0 Å². The van der Waals surface area contributed by atoms with Crippen molar-refractivity contribution in [2.75, 3.05) is 7.11 Å². The van der Waals surface area contributed by atoms with Gasteiger partial charge in [-0.2, -0.15) is 0 Å². The largest absolute Gasteiger partial charge is 0.469 e. The first kappa shape index (κ1) is 15.1. The van der Waals surface area contributed by atoms with Gasteiger partial charge >= 0.3 is 5.97 Å². The van der Waals surface area contributed by atoms with E-state index in [1.165, 1.54) is 7.11 Å². The predicted molar refractivity (Wildman–Crippen MR) is 61.0 cm³/mol. The standard InChI is InChI=1S/C12H22O4/c1-4-5-6-7-10(13)8-11(14)9(2)12(15)16-3/h9,11,14H,4-8H2,1-3H3/t9-,11+/m1/s1. The van der Waals surface area contributed by atoms with Gasteiger partial charge in [-0.3, -0.25) is 9.59 Å². The highest BCUT2D eigenvalue weighted by Gasteiger charge is 2.24. The van der Waals surface area contributed by atoms with Gasteiger partial charge in [0.05, 0.1) is 19.1 Å². The van der Waals surface area contributed by atoms with Gasteiger partial charge in [0.2, 0.25) is 0 Å². The van der Waals surface area contributed by atoms with E-state index < -0.39 is 18.0 Å². The number of ketones is 1. The van der Waals surface area contributed by atoms with Crippen molar-refractivity contribution in [3.8, 4) is 0 Å². The van der Waals surface area contributed by atoms with Crippen LogP contribution < -0.4 is 0 Å². The molecule has 0 spiro atoms. The fraction of sp³-hybridized carbons (Fsp3) is 0.833. The Kier molecular flexibility index (Phi) is 7.81. The molecule has 0 aliphatic heterocycles. The van der Waals surface area contributed by atoms with Crippen molar-refractivity contribution >= 4 is 11.8 Å². The van der Waals surface area contributed by atoms with Crippen LogP contribution in [-0.4, -0.2) is 30.1 Å². The number of hydrogen-bond donors (Lipinski definition) is 1. The highest BCUT2D eigenvalue weighted by atomic mass is 16.5. The maximum Gasteiger partial charge on any atom is 0.311 e. The van der Waals surface area contributed by atoms with Gasteiger partial charge in [0.1, 0.15) is 5.78 Å². The summed E-state index contributed by atoms with van der Waals surface area (Å²) in [7, 11) is 1.27. The van der Waals surface area contributed by atoms with Crippen LogP contribution in [0.1, 0.15) is 46.0 Å². The van der Waals surface area contributed by atoms with E-state index in [0.717, 1.165) is 19.3 Å². The van der Waals surface area contributed by atoms with E-state index in [2.05, 4.69) is 11.7 Å². The van der Waals surface area contributed by atoms with Gasteiger partial charge in [-0.15, -0.1) is 0 Å². The molecule has 0 amide bonds. The summed E-state index contributed by atoms with van der Waals surface area (Å²) < 4.78 is 4.50. The predicted octanol–water partition coefficient (Wildman–Crippen LogP) is 1.70. The molecule has 0 aromatic carbocycles. The molecule has 0 unspecified atom stereocenters. The van der Waals surface area contributed by atoms with Crippen molar-refractivity contribution in [3.05, 3.63) is 0 Å².